The molecule has 2 aromatic carbocycles. The molecule has 0 heterocycles. The van der Waals surface area contributed by atoms with Crippen molar-refractivity contribution in [3.63, 3.8) is 0 Å². The Kier molecular flexibility index (Phi) is 3.61. The number of nitrogens with one attached hydrogen (secondary N) is 1. The van der Waals surface area contributed by atoms with Crippen molar-refractivity contribution in [1.82, 2.24) is 0 Å². The first-order chi connectivity index (χ1) is 8.69. The second-order valence-electron chi connectivity index (χ2n) is 4.15. The molecule has 0 amide bonds. The van der Waals surface area contributed by atoms with Crippen LogP contribution in [-0.2, 0) is 0 Å². The second-order valence-corrected chi connectivity index (χ2v) is 4.15. The molecule has 0 aliphatic rings. The van der Waals surface area contributed by atoms with Crippen LogP contribution in [-0.4, -0.2) is 5.11 Å². The van der Waals surface area contributed by atoms with Crippen molar-refractivity contribution >= 4 is 5.69 Å². The monoisotopic (exact) mass is 238 g/mol. The summed E-state index contributed by atoms with van der Waals surface area (Å²) in [6.45, 7) is 1.98. The molecule has 1 atom stereocenters. The van der Waals surface area contributed by atoms with Gasteiger partial charge in [-0.15, -0.1) is 0 Å². The Hall–Kier alpha value is -2.31. The molecule has 0 aliphatic carbocycles. The Morgan fingerprint density at radius 2 is 1.89 bits per heavy atom. The SMILES string of the molecule is Cc1cccc(C(O)Nc2ccc(C#N)cc2)c1. The van der Waals surface area contributed by atoms with Gasteiger partial charge in [0.25, 0.3) is 0 Å². The summed E-state index contributed by atoms with van der Waals surface area (Å²) in [4.78, 5) is 0. The van der Waals surface area contributed by atoms with Crippen LogP contribution in [0.15, 0.2) is 48.5 Å². The molecule has 0 radical (unpaired) electrons. The summed E-state index contributed by atoms with van der Waals surface area (Å²) in [5.41, 5.74) is 3.31. The Labute approximate surface area is 106 Å². The standard InChI is InChI=1S/C15H14N2O/c1-11-3-2-4-13(9-11)15(18)17-14-7-5-12(10-16)6-8-14/h2-9,15,17-18H,1H3. The lowest BCUT2D eigenvalue weighted by Crippen LogP contribution is -2.09. The number of hydrogen-bond acceptors (Lipinski definition) is 3. The number of rotatable bonds is 3. The number of aliphatic hydroxyl groups excluding tert-OH is 1. The average Bonchev–Trinajstić information content (AvgIpc) is 2.39. The van der Waals surface area contributed by atoms with Gasteiger partial charge in [-0.25, -0.2) is 0 Å². The van der Waals surface area contributed by atoms with Gasteiger partial charge in [-0.05, 0) is 31.2 Å². The first-order valence-corrected chi connectivity index (χ1v) is 5.70. The molecule has 0 aromatic heterocycles. The van der Waals surface area contributed by atoms with Crippen molar-refractivity contribution < 1.29 is 5.11 Å². The van der Waals surface area contributed by atoms with Gasteiger partial charge in [-0.2, -0.15) is 5.26 Å². The first-order valence-electron chi connectivity index (χ1n) is 5.70. The molecular formula is C15H14N2O. The quantitative estimate of drug-likeness (QED) is 0.808. The highest BCUT2D eigenvalue weighted by atomic mass is 16.3. The maximum atomic E-state index is 10.0. The van der Waals surface area contributed by atoms with E-state index >= 15 is 0 Å². The number of aliphatic hydroxyl groups is 1. The van der Waals surface area contributed by atoms with E-state index in [1.807, 2.05) is 31.2 Å². The number of benzene rings is 2. The van der Waals surface area contributed by atoms with Crippen molar-refractivity contribution in [2.75, 3.05) is 5.32 Å². The van der Waals surface area contributed by atoms with E-state index in [1.54, 1.807) is 24.3 Å². The van der Waals surface area contributed by atoms with Gasteiger partial charge < -0.3 is 10.4 Å². The summed E-state index contributed by atoms with van der Waals surface area (Å²) < 4.78 is 0. The molecule has 2 aromatic rings. The van der Waals surface area contributed by atoms with Crippen LogP contribution >= 0.6 is 0 Å². The minimum atomic E-state index is -0.752. The zero-order chi connectivity index (χ0) is 13.0. The predicted octanol–water partition coefficient (Wildman–Crippen LogP) is 2.97. The van der Waals surface area contributed by atoms with Crippen molar-refractivity contribution in [2.45, 2.75) is 13.2 Å². The first kappa shape index (κ1) is 12.2. The minimum Gasteiger partial charge on any atom is -0.369 e. The lowest BCUT2D eigenvalue weighted by molar-refractivity contribution is 0.208. The molecule has 0 spiro atoms. The summed E-state index contributed by atoms with van der Waals surface area (Å²) in [5, 5.41) is 21.7. The number of nitrogens with zero attached hydrogens (tertiary/aromatic N) is 1. The molecule has 0 aliphatic heterocycles. The van der Waals surface area contributed by atoms with Gasteiger partial charge in [0.15, 0.2) is 6.23 Å². The Bertz CT molecular complexity index is 570. The van der Waals surface area contributed by atoms with E-state index in [1.165, 1.54) is 0 Å². The van der Waals surface area contributed by atoms with Crippen molar-refractivity contribution in [3.8, 4) is 6.07 Å². The van der Waals surface area contributed by atoms with Crippen molar-refractivity contribution in [3.05, 3.63) is 65.2 Å². The Morgan fingerprint density at radius 1 is 1.17 bits per heavy atom. The van der Waals surface area contributed by atoms with Gasteiger partial charge in [0.05, 0.1) is 11.6 Å². The molecule has 3 nitrogen and oxygen atoms in total. The zero-order valence-corrected chi connectivity index (χ0v) is 10.1. The number of hydrogen-bond donors (Lipinski definition) is 2. The highest BCUT2D eigenvalue weighted by Crippen LogP contribution is 2.18. The van der Waals surface area contributed by atoms with Gasteiger partial charge in [0.2, 0.25) is 0 Å². The third-order valence-corrected chi connectivity index (χ3v) is 2.68. The van der Waals surface area contributed by atoms with Crippen LogP contribution in [0.3, 0.4) is 0 Å². The third-order valence-electron chi connectivity index (χ3n) is 2.68. The maximum Gasteiger partial charge on any atom is 0.150 e. The van der Waals surface area contributed by atoms with E-state index < -0.39 is 6.23 Å². The summed E-state index contributed by atoms with van der Waals surface area (Å²) in [7, 11) is 0. The molecule has 3 heteroatoms. The lowest BCUT2D eigenvalue weighted by Gasteiger charge is -2.15. The number of nitriles is 1. The van der Waals surface area contributed by atoms with Crippen LogP contribution in [0.1, 0.15) is 22.9 Å². The fourth-order valence-electron chi connectivity index (χ4n) is 1.72. The van der Waals surface area contributed by atoms with E-state index in [0.717, 1.165) is 16.8 Å². The predicted molar refractivity (Wildman–Crippen MR) is 70.9 cm³/mol. The van der Waals surface area contributed by atoms with Crippen LogP contribution in [0.25, 0.3) is 0 Å². The van der Waals surface area contributed by atoms with Gasteiger partial charge >= 0.3 is 0 Å². The van der Waals surface area contributed by atoms with Crippen LogP contribution in [0.4, 0.5) is 5.69 Å². The molecule has 0 saturated heterocycles. The van der Waals surface area contributed by atoms with Gasteiger partial charge in [-0.1, -0.05) is 29.8 Å². The minimum absolute atomic E-state index is 0.602. The molecule has 0 fully saturated rings. The van der Waals surface area contributed by atoms with Gasteiger partial charge in [-0.3, -0.25) is 0 Å². The van der Waals surface area contributed by atoms with Crippen molar-refractivity contribution in [1.29, 1.82) is 5.26 Å². The number of anilines is 1. The normalized spacial score (nSPS) is 11.6. The van der Waals surface area contributed by atoms with Crippen LogP contribution in [0.2, 0.25) is 0 Å². The number of aryl methyl sites for hydroxylation is 1. The highest BCUT2D eigenvalue weighted by molar-refractivity contribution is 5.48. The highest BCUT2D eigenvalue weighted by Gasteiger charge is 2.06. The molecule has 2 rings (SSSR count). The summed E-state index contributed by atoms with van der Waals surface area (Å²) in [6, 6.07) is 16.7. The molecule has 90 valence electrons. The van der Waals surface area contributed by atoms with E-state index in [9.17, 15) is 5.11 Å². The molecule has 0 saturated carbocycles. The van der Waals surface area contributed by atoms with E-state index in [0.29, 0.717) is 5.56 Å². The third kappa shape index (κ3) is 2.88. The molecule has 1 unspecified atom stereocenters. The fourth-order valence-corrected chi connectivity index (χ4v) is 1.72. The zero-order valence-electron chi connectivity index (χ0n) is 10.1. The van der Waals surface area contributed by atoms with Crippen LogP contribution in [0, 0.1) is 18.3 Å². The smallest absolute Gasteiger partial charge is 0.150 e. The van der Waals surface area contributed by atoms with E-state index in [2.05, 4.69) is 11.4 Å². The van der Waals surface area contributed by atoms with E-state index in [4.69, 9.17) is 5.26 Å². The maximum absolute atomic E-state index is 10.0. The van der Waals surface area contributed by atoms with Gasteiger partial charge in [0.1, 0.15) is 0 Å². The largest absolute Gasteiger partial charge is 0.369 e. The molecule has 2 N–H and O–H groups in total. The average molecular weight is 238 g/mol. The summed E-state index contributed by atoms with van der Waals surface area (Å²) in [6.07, 6.45) is -0.752. The van der Waals surface area contributed by atoms with E-state index in [-0.39, 0.29) is 0 Å². The molecule has 0 bridgehead atoms. The fraction of sp³-hybridized carbons (Fsp3) is 0.133. The Balaban J connectivity index is 2.11. The summed E-state index contributed by atoms with van der Waals surface area (Å²) >= 11 is 0. The second kappa shape index (κ2) is 5.35. The molecular weight excluding hydrogens is 224 g/mol. The molecule has 18 heavy (non-hydrogen) atoms. The van der Waals surface area contributed by atoms with Gasteiger partial charge in [0, 0.05) is 11.3 Å². The Morgan fingerprint density at radius 3 is 2.50 bits per heavy atom. The topological polar surface area (TPSA) is 56.0 Å². The van der Waals surface area contributed by atoms with Crippen LogP contribution in [0.5, 0.6) is 0 Å². The lowest BCUT2D eigenvalue weighted by atomic mass is 10.1. The van der Waals surface area contributed by atoms with Crippen molar-refractivity contribution in [2.24, 2.45) is 0 Å². The van der Waals surface area contributed by atoms with Crippen LogP contribution < -0.4 is 5.32 Å². The summed E-state index contributed by atoms with van der Waals surface area (Å²) in [5.74, 6) is 0.